The number of rotatable bonds is 5. The summed E-state index contributed by atoms with van der Waals surface area (Å²) in [6.45, 7) is 4.54. The molecule has 2 rings (SSSR count). The number of nitrogens with zero attached hydrogens (tertiary/aromatic N) is 1. The first-order valence-corrected chi connectivity index (χ1v) is 7.39. The van der Waals surface area contributed by atoms with Crippen LogP contribution in [0, 0.1) is 0 Å². The van der Waals surface area contributed by atoms with Crippen molar-refractivity contribution in [1.29, 1.82) is 0 Å². The van der Waals surface area contributed by atoms with Crippen LogP contribution in [0.5, 0.6) is 0 Å². The van der Waals surface area contributed by atoms with Crippen molar-refractivity contribution >= 4 is 29.1 Å². The molecule has 1 aliphatic heterocycles. The third-order valence-corrected chi connectivity index (χ3v) is 3.70. The van der Waals surface area contributed by atoms with E-state index in [1.54, 1.807) is 36.1 Å². The molecule has 1 heterocycles. The van der Waals surface area contributed by atoms with E-state index in [1.807, 2.05) is 6.92 Å². The first-order chi connectivity index (χ1) is 10.0. The molecule has 5 nitrogen and oxygen atoms in total. The van der Waals surface area contributed by atoms with Gasteiger partial charge in [-0.2, -0.15) is 0 Å². The molecular formula is C15H19ClN2O3. The summed E-state index contributed by atoms with van der Waals surface area (Å²) in [5.74, 6) is -0.359. The molecule has 2 atom stereocenters. The molecule has 0 unspecified atom stereocenters. The summed E-state index contributed by atoms with van der Waals surface area (Å²) in [5, 5.41) is 3.37. The van der Waals surface area contributed by atoms with E-state index in [0.29, 0.717) is 24.6 Å². The number of hydrogen-bond donors (Lipinski definition) is 1. The largest absolute Gasteiger partial charge is 0.369 e. The van der Waals surface area contributed by atoms with Crippen LogP contribution < -0.4 is 10.2 Å². The molecule has 0 spiro atoms. The second kappa shape index (κ2) is 6.91. The van der Waals surface area contributed by atoms with Crippen molar-refractivity contribution in [3.8, 4) is 0 Å². The molecule has 0 saturated carbocycles. The lowest BCUT2D eigenvalue weighted by atomic mass is 10.2. The zero-order valence-electron chi connectivity index (χ0n) is 12.1. The minimum atomic E-state index is -0.549. The fraction of sp³-hybridized carbons (Fsp3) is 0.467. The second-order valence-corrected chi connectivity index (χ2v) is 5.35. The average Bonchev–Trinajstić information content (AvgIpc) is 2.81. The molecule has 1 N–H and O–H groups in total. The molecule has 1 saturated heterocycles. The highest BCUT2D eigenvalue weighted by atomic mass is 35.5. The Morgan fingerprint density at radius 1 is 1.48 bits per heavy atom. The lowest BCUT2D eigenvalue weighted by Gasteiger charge is -2.18. The Hall–Kier alpha value is -1.59. The van der Waals surface area contributed by atoms with Crippen LogP contribution >= 0.6 is 11.6 Å². The zero-order valence-corrected chi connectivity index (χ0v) is 12.9. The van der Waals surface area contributed by atoms with E-state index < -0.39 is 12.1 Å². The van der Waals surface area contributed by atoms with Gasteiger partial charge in [0.25, 0.3) is 0 Å². The van der Waals surface area contributed by atoms with Crippen LogP contribution in [-0.2, 0) is 14.3 Å². The summed E-state index contributed by atoms with van der Waals surface area (Å²) in [7, 11) is 0. The predicted molar refractivity (Wildman–Crippen MR) is 81.4 cm³/mol. The average molecular weight is 311 g/mol. The highest BCUT2D eigenvalue weighted by Crippen LogP contribution is 2.23. The highest BCUT2D eigenvalue weighted by Gasteiger charge is 2.34. The van der Waals surface area contributed by atoms with Gasteiger partial charge in [0.15, 0.2) is 0 Å². The van der Waals surface area contributed by atoms with E-state index in [2.05, 4.69) is 5.32 Å². The summed E-state index contributed by atoms with van der Waals surface area (Å²) in [6, 6.07) is 6.59. The molecule has 114 valence electrons. The Labute approximate surface area is 129 Å². The van der Waals surface area contributed by atoms with Crippen LogP contribution in [0.15, 0.2) is 24.3 Å². The van der Waals surface area contributed by atoms with E-state index in [9.17, 15) is 9.59 Å². The summed E-state index contributed by atoms with van der Waals surface area (Å²) < 4.78 is 5.22. The van der Waals surface area contributed by atoms with E-state index in [0.717, 1.165) is 5.69 Å². The molecule has 0 radical (unpaired) electrons. The summed E-state index contributed by atoms with van der Waals surface area (Å²) in [4.78, 5) is 25.9. The number of ether oxygens (including phenoxy) is 1. The molecule has 2 amide bonds. The van der Waals surface area contributed by atoms with Crippen LogP contribution in [-0.4, -0.2) is 37.1 Å². The van der Waals surface area contributed by atoms with Gasteiger partial charge in [-0.3, -0.25) is 9.59 Å². The molecular weight excluding hydrogens is 292 g/mol. The topological polar surface area (TPSA) is 58.6 Å². The van der Waals surface area contributed by atoms with Crippen molar-refractivity contribution in [1.82, 2.24) is 5.32 Å². The lowest BCUT2D eigenvalue weighted by molar-refractivity contribution is -0.134. The van der Waals surface area contributed by atoms with Gasteiger partial charge in [-0.25, -0.2) is 0 Å². The van der Waals surface area contributed by atoms with Crippen LogP contribution in [0.2, 0.25) is 5.02 Å². The molecule has 0 aromatic heterocycles. The summed E-state index contributed by atoms with van der Waals surface area (Å²) >= 11 is 5.84. The molecule has 6 heteroatoms. The minimum Gasteiger partial charge on any atom is -0.369 e. The van der Waals surface area contributed by atoms with Crippen molar-refractivity contribution < 1.29 is 14.3 Å². The number of benzene rings is 1. The summed E-state index contributed by atoms with van der Waals surface area (Å²) in [6.07, 6.45) is 0.0406. The number of hydrogen-bond acceptors (Lipinski definition) is 3. The van der Waals surface area contributed by atoms with Gasteiger partial charge in [0, 0.05) is 23.9 Å². The maximum atomic E-state index is 12.3. The van der Waals surface area contributed by atoms with Gasteiger partial charge in [0.1, 0.15) is 12.1 Å². The molecule has 1 aromatic carbocycles. The van der Waals surface area contributed by atoms with Gasteiger partial charge in [-0.15, -0.1) is 0 Å². The van der Waals surface area contributed by atoms with Crippen LogP contribution in [0.25, 0.3) is 0 Å². The van der Waals surface area contributed by atoms with Gasteiger partial charge in [0.2, 0.25) is 11.8 Å². The maximum absolute atomic E-state index is 12.3. The van der Waals surface area contributed by atoms with E-state index in [-0.39, 0.29) is 11.8 Å². The van der Waals surface area contributed by atoms with Gasteiger partial charge >= 0.3 is 0 Å². The Balaban J connectivity index is 1.98. The molecule has 21 heavy (non-hydrogen) atoms. The zero-order chi connectivity index (χ0) is 15.4. The smallest absolute Gasteiger partial charge is 0.249 e. The Morgan fingerprint density at radius 2 is 2.14 bits per heavy atom. The molecule has 1 fully saturated rings. The third-order valence-electron chi connectivity index (χ3n) is 3.45. The van der Waals surface area contributed by atoms with Crippen molar-refractivity contribution in [2.75, 3.05) is 18.1 Å². The van der Waals surface area contributed by atoms with Gasteiger partial charge in [0.05, 0.1) is 0 Å². The first kappa shape index (κ1) is 15.8. The number of amides is 2. The molecule has 1 aliphatic rings. The van der Waals surface area contributed by atoms with Crippen molar-refractivity contribution in [2.24, 2.45) is 0 Å². The SMILES string of the molecule is CCO[C@@H](C)C(=O)N[C@H]1CCN(c2ccc(Cl)cc2)C1=O. The van der Waals surface area contributed by atoms with Gasteiger partial charge < -0.3 is 15.0 Å². The van der Waals surface area contributed by atoms with Crippen molar-refractivity contribution in [3.05, 3.63) is 29.3 Å². The fourth-order valence-electron chi connectivity index (χ4n) is 2.31. The summed E-state index contributed by atoms with van der Waals surface area (Å²) in [5.41, 5.74) is 0.791. The number of carbonyl (C=O) groups is 2. The van der Waals surface area contributed by atoms with Crippen molar-refractivity contribution in [3.63, 3.8) is 0 Å². The Kier molecular flexibility index (Phi) is 5.20. The van der Waals surface area contributed by atoms with Gasteiger partial charge in [-0.05, 0) is 44.5 Å². The standard InChI is InChI=1S/C15H19ClN2O3/c1-3-21-10(2)14(19)17-13-8-9-18(15(13)20)12-6-4-11(16)5-7-12/h4-7,10,13H,3,8-9H2,1-2H3,(H,17,19)/t10-,13-/m0/s1. The Bertz CT molecular complexity index is 518. The lowest BCUT2D eigenvalue weighted by Crippen LogP contribution is -2.45. The third kappa shape index (κ3) is 3.74. The second-order valence-electron chi connectivity index (χ2n) is 4.91. The Morgan fingerprint density at radius 3 is 2.76 bits per heavy atom. The molecule has 0 aliphatic carbocycles. The predicted octanol–water partition coefficient (Wildman–Crippen LogP) is 1.99. The van der Waals surface area contributed by atoms with E-state index >= 15 is 0 Å². The van der Waals surface area contributed by atoms with Crippen LogP contribution in [0.1, 0.15) is 20.3 Å². The monoisotopic (exact) mass is 310 g/mol. The highest BCUT2D eigenvalue weighted by molar-refractivity contribution is 6.30. The number of halogens is 1. The van der Waals surface area contributed by atoms with E-state index in [1.165, 1.54) is 0 Å². The number of nitrogens with one attached hydrogen (secondary N) is 1. The minimum absolute atomic E-state index is 0.102. The van der Waals surface area contributed by atoms with Gasteiger partial charge in [-0.1, -0.05) is 11.6 Å². The number of anilines is 1. The normalized spacial score (nSPS) is 19.7. The maximum Gasteiger partial charge on any atom is 0.249 e. The van der Waals surface area contributed by atoms with Crippen molar-refractivity contribution in [2.45, 2.75) is 32.4 Å². The molecule has 1 aromatic rings. The quantitative estimate of drug-likeness (QED) is 0.905. The fourth-order valence-corrected chi connectivity index (χ4v) is 2.43. The number of carbonyl (C=O) groups excluding carboxylic acids is 2. The first-order valence-electron chi connectivity index (χ1n) is 7.02. The van der Waals surface area contributed by atoms with Crippen LogP contribution in [0.4, 0.5) is 5.69 Å². The van der Waals surface area contributed by atoms with E-state index in [4.69, 9.17) is 16.3 Å². The van der Waals surface area contributed by atoms with Crippen LogP contribution in [0.3, 0.4) is 0 Å². The molecule has 0 bridgehead atoms.